The summed E-state index contributed by atoms with van der Waals surface area (Å²) in [5.74, 6) is 0.606. The number of nitrogens with zero attached hydrogens (tertiary/aromatic N) is 4. The molecule has 0 aromatic carbocycles. The van der Waals surface area contributed by atoms with Crippen LogP contribution in [0.25, 0.3) is 11.4 Å². The van der Waals surface area contributed by atoms with Crippen molar-refractivity contribution in [3.63, 3.8) is 0 Å². The average Bonchev–Trinajstić information content (AvgIpc) is 2.62. The molecule has 3 heterocycles. The molecule has 0 amide bonds. The molecule has 2 aromatic rings. The largest absolute Gasteiger partial charge is 0.279 e. The lowest BCUT2D eigenvalue weighted by atomic mass is 10.1. The monoisotopic (exact) mass is 361 g/mol. The van der Waals surface area contributed by atoms with Crippen LogP contribution in [-0.4, -0.2) is 40.8 Å². The summed E-state index contributed by atoms with van der Waals surface area (Å²) < 4.78 is 29.3. The van der Waals surface area contributed by atoms with E-state index in [-0.39, 0.29) is 0 Å². The van der Waals surface area contributed by atoms with Crippen molar-refractivity contribution in [3.05, 3.63) is 42.0 Å². The lowest BCUT2D eigenvalue weighted by Crippen LogP contribution is -2.44. The van der Waals surface area contributed by atoms with Crippen LogP contribution in [0.1, 0.15) is 43.5 Å². The van der Waals surface area contributed by atoms with Crippen molar-refractivity contribution < 1.29 is 8.42 Å². The van der Waals surface area contributed by atoms with Crippen LogP contribution in [0.3, 0.4) is 0 Å². The van der Waals surface area contributed by atoms with Crippen LogP contribution in [0, 0.1) is 6.92 Å². The smallest absolute Gasteiger partial charge is 0.265 e. The van der Waals surface area contributed by atoms with Gasteiger partial charge in [0.25, 0.3) is 10.2 Å². The highest BCUT2D eigenvalue weighted by Gasteiger charge is 2.26. The van der Waals surface area contributed by atoms with Gasteiger partial charge < -0.3 is 0 Å². The predicted octanol–water partition coefficient (Wildman–Crippen LogP) is 2.23. The molecule has 1 N–H and O–H groups in total. The zero-order valence-electron chi connectivity index (χ0n) is 14.5. The van der Waals surface area contributed by atoms with Gasteiger partial charge in [0.1, 0.15) is 0 Å². The molecule has 0 bridgehead atoms. The Labute approximate surface area is 148 Å². The summed E-state index contributed by atoms with van der Waals surface area (Å²) in [5, 5.41) is 0. The summed E-state index contributed by atoms with van der Waals surface area (Å²) in [7, 11) is -3.49. The van der Waals surface area contributed by atoms with E-state index >= 15 is 0 Å². The van der Waals surface area contributed by atoms with Gasteiger partial charge in [-0.15, -0.1) is 0 Å². The highest BCUT2D eigenvalue weighted by atomic mass is 32.2. The van der Waals surface area contributed by atoms with Gasteiger partial charge in [0.05, 0.1) is 0 Å². The van der Waals surface area contributed by atoms with E-state index in [1.807, 2.05) is 26.0 Å². The van der Waals surface area contributed by atoms with Gasteiger partial charge in [-0.1, -0.05) is 6.42 Å². The van der Waals surface area contributed by atoms with Gasteiger partial charge in [0, 0.05) is 54.5 Å². The van der Waals surface area contributed by atoms with Crippen LogP contribution in [0.15, 0.2) is 30.7 Å². The van der Waals surface area contributed by atoms with Crippen LogP contribution in [-0.2, 0) is 10.2 Å². The molecule has 1 atom stereocenters. The van der Waals surface area contributed by atoms with E-state index in [0.717, 1.165) is 36.1 Å². The van der Waals surface area contributed by atoms with Crippen molar-refractivity contribution >= 4 is 10.2 Å². The summed E-state index contributed by atoms with van der Waals surface area (Å²) in [6.45, 7) is 4.85. The normalized spacial score (nSPS) is 17.4. The van der Waals surface area contributed by atoms with Gasteiger partial charge in [-0.25, -0.2) is 9.97 Å². The van der Waals surface area contributed by atoms with Crippen molar-refractivity contribution in [2.45, 2.75) is 39.2 Å². The minimum atomic E-state index is -3.49. The first-order valence-corrected chi connectivity index (χ1v) is 9.93. The van der Waals surface area contributed by atoms with Crippen molar-refractivity contribution in [2.75, 3.05) is 13.1 Å². The molecule has 1 aliphatic heterocycles. The molecule has 25 heavy (non-hydrogen) atoms. The van der Waals surface area contributed by atoms with Crippen molar-refractivity contribution in [1.29, 1.82) is 0 Å². The van der Waals surface area contributed by atoms with E-state index < -0.39 is 16.3 Å². The van der Waals surface area contributed by atoms with Crippen molar-refractivity contribution in [3.8, 4) is 11.4 Å². The Morgan fingerprint density at radius 2 is 1.84 bits per heavy atom. The van der Waals surface area contributed by atoms with Gasteiger partial charge in [-0.2, -0.15) is 17.4 Å². The molecule has 1 aliphatic rings. The van der Waals surface area contributed by atoms with Crippen molar-refractivity contribution in [1.82, 2.24) is 24.0 Å². The number of rotatable bonds is 5. The molecule has 2 aromatic heterocycles. The summed E-state index contributed by atoms with van der Waals surface area (Å²) in [6.07, 6.45) is 8.00. The minimum Gasteiger partial charge on any atom is -0.265 e. The molecule has 0 radical (unpaired) electrons. The molecular formula is C17H23N5O2S. The van der Waals surface area contributed by atoms with E-state index in [1.165, 1.54) is 4.31 Å². The number of nitrogens with one attached hydrogen (secondary N) is 1. The Balaban J connectivity index is 1.77. The molecule has 7 nitrogen and oxygen atoms in total. The Kier molecular flexibility index (Phi) is 5.41. The first kappa shape index (κ1) is 17.9. The van der Waals surface area contributed by atoms with Crippen LogP contribution >= 0.6 is 0 Å². The Hall–Kier alpha value is -1.90. The Morgan fingerprint density at radius 3 is 2.48 bits per heavy atom. The number of pyridine rings is 1. The number of hydrogen-bond donors (Lipinski definition) is 1. The molecule has 0 saturated carbocycles. The highest BCUT2D eigenvalue weighted by molar-refractivity contribution is 7.87. The SMILES string of the molecule is Cc1nc(-c2ccncc2)ncc1[C@H](C)NS(=O)(=O)N1CCCCC1. The Bertz CT molecular complexity index is 820. The number of aromatic nitrogens is 3. The second kappa shape index (κ2) is 7.55. The topological polar surface area (TPSA) is 88.1 Å². The molecular weight excluding hydrogens is 338 g/mol. The number of piperidine rings is 1. The number of hydrogen-bond acceptors (Lipinski definition) is 5. The third-order valence-corrected chi connectivity index (χ3v) is 6.10. The van der Waals surface area contributed by atoms with Crippen LogP contribution in [0.4, 0.5) is 0 Å². The second-order valence-electron chi connectivity index (χ2n) is 6.27. The zero-order chi connectivity index (χ0) is 17.9. The van der Waals surface area contributed by atoms with Gasteiger partial charge in [-0.3, -0.25) is 4.98 Å². The van der Waals surface area contributed by atoms with Crippen molar-refractivity contribution in [2.24, 2.45) is 0 Å². The maximum Gasteiger partial charge on any atom is 0.279 e. The standard InChI is InChI=1S/C17H23N5O2S/c1-13-16(12-19-17(20-13)15-6-8-18-9-7-15)14(2)21-25(23,24)22-10-4-3-5-11-22/h6-9,12,14,21H,3-5,10-11H2,1-2H3/t14-/m0/s1. The first-order valence-electron chi connectivity index (χ1n) is 8.49. The molecule has 1 fully saturated rings. The highest BCUT2D eigenvalue weighted by Crippen LogP contribution is 2.21. The van der Waals surface area contributed by atoms with Gasteiger partial charge in [0.15, 0.2) is 5.82 Å². The van der Waals surface area contributed by atoms with E-state index in [9.17, 15) is 8.42 Å². The second-order valence-corrected chi connectivity index (χ2v) is 7.98. The fourth-order valence-corrected chi connectivity index (χ4v) is 4.47. The third kappa shape index (κ3) is 4.20. The number of aryl methyl sites for hydroxylation is 1. The average molecular weight is 361 g/mol. The maximum absolute atomic E-state index is 12.5. The van der Waals surface area contributed by atoms with E-state index in [0.29, 0.717) is 18.9 Å². The van der Waals surface area contributed by atoms with Gasteiger partial charge >= 0.3 is 0 Å². The van der Waals surface area contributed by atoms with Crippen LogP contribution < -0.4 is 4.72 Å². The summed E-state index contributed by atoms with van der Waals surface area (Å²) in [6, 6.07) is 3.30. The molecule has 0 spiro atoms. The third-order valence-electron chi connectivity index (χ3n) is 4.40. The van der Waals surface area contributed by atoms with E-state index in [2.05, 4.69) is 19.7 Å². The molecule has 134 valence electrons. The minimum absolute atomic E-state index is 0.390. The van der Waals surface area contributed by atoms with Gasteiger partial charge in [0.2, 0.25) is 0 Å². The fourth-order valence-electron chi connectivity index (χ4n) is 3.01. The van der Waals surface area contributed by atoms with Crippen LogP contribution in [0.5, 0.6) is 0 Å². The molecule has 8 heteroatoms. The van der Waals surface area contributed by atoms with E-state index in [4.69, 9.17) is 0 Å². The lowest BCUT2D eigenvalue weighted by molar-refractivity contribution is 0.339. The summed E-state index contributed by atoms with van der Waals surface area (Å²) in [5.41, 5.74) is 2.42. The zero-order valence-corrected chi connectivity index (χ0v) is 15.3. The predicted molar refractivity (Wildman–Crippen MR) is 95.9 cm³/mol. The molecule has 0 aliphatic carbocycles. The molecule has 3 rings (SSSR count). The lowest BCUT2D eigenvalue weighted by Gasteiger charge is -2.27. The quantitative estimate of drug-likeness (QED) is 0.882. The summed E-state index contributed by atoms with van der Waals surface area (Å²) in [4.78, 5) is 12.9. The maximum atomic E-state index is 12.5. The Morgan fingerprint density at radius 1 is 1.16 bits per heavy atom. The molecule has 1 saturated heterocycles. The van der Waals surface area contributed by atoms with E-state index in [1.54, 1.807) is 18.6 Å². The fraction of sp³-hybridized carbons (Fsp3) is 0.471. The van der Waals surface area contributed by atoms with Gasteiger partial charge in [-0.05, 0) is 38.8 Å². The van der Waals surface area contributed by atoms with Crippen LogP contribution in [0.2, 0.25) is 0 Å². The summed E-state index contributed by atoms with van der Waals surface area (Å²) >= 11 is 0. The molecule has 0 unspecified atom stereocenters. The first-order chi connectivity index (χ1) is 12.0.